The van der Waals surface area contributed by atoms with Gasteiger partial charge in [-0.05, 0) is 37.1 Å². The highest BCUT2D eigenvalue weighted by Gasteiger charge is 2.13. The Morgan fingerprint density at radius 1 is 1.00 bits per heavy atom. The predicted molar refractivity (Wildman–Crippen MR) is 77.2 cm³/mol. The van der Waals surface area contributed by atoms with Crippen molar-refractivity contribution in [2.24, 2.45) is 5.92 Å². The van der Waals surface area contributed by atoms with Gasteiger partial charge in [0.15, 0.2) is 0 Å². The molecule has 0 aromatic heterocycles. The van der Waals surface area contributed by atoms with Crippen LogP contribution in [0.1, 0.15) is 26.7 Å². The summed E-state index contributed by atoms with van der Waals surface area (Å²) in [6, 6.07) is 6.76. The second-order valence-corrected chi connectivity index (χ2v) is 4.28. The van der Waals surface area contributed by atoms with Gasteiger partial charge in [-0.2, -0.15) is 0 Å². The molecule has 0 fully saturated rings. The summed E-state index contributed by atoms with van der Waals surface area (Å²) < 4.78 is 0. The average molecular weight is 263 g/mol. The first kappa shape index (κ1) is 15.0. The van der Waals surface area contributed by atoms with Gasteiger partial charge in [0.2, 0.25) is 5.91 Å². The summed E-state index contributed by atoms with van der Waals surface area (Å²) in [6.07, 6.45) is 1.66. The third kappa shape index (κ3) is 4.62. The molecule has 0 spiro atoms. The smallest absolute Gasteiger partial charge is 0.318 e. The largest absolute Gasteiger partial charge is 0.341 e. The zero-order valence-corrected chi connectivity index (χ0v) is 11.6. The fraction of sp³-hybridized carbons (Fsp3) is 0.429. The van der Waals surface area contributed by atoms with Gasteiger partial charge in [-0.15, -0.1) is 0 Å². The van der Waals surface area contributed by atoms with Crippen LogP contribution in [0.15, 0.2) is 24.3 Å². The van der Waals surface area contributed by atoms with Crippen molar-refractivity contribution in [2.45, 2.75) is 26.7 Å². The van der Waals surface area contributed by atoms with Crippen LogP contribution in [0.3, 0.4) is 0 Å². The van der Waals surface area contributed by atoms with E-state index in [0.29, 0.717) is 5.69 Å². The number of amides is 3. The number of carbonyl (C=O) groups is 2. The highest BCUT2D eigenvalue weighted by atomic mass is 16.2. The minimum Gasteiger partial charge on any atom is -0.341 e. The topological polar surface area (TPSA) is 70.2 Å². The van der Waals surface area contributed by atoms with E-state index in [9.17, 15) is 9.59 Å². The highest BCUT2D eigenvalue weighted by Crippen LogP contribution is 2.16. The van der Waals surface area contributed by atoms with Crippen molar-refractivity contribution in [3.05, 3.63) is 24.3 Å². The maximum atomic E-state index is 11.9. The molecule has 0 aliphatic rings. The van der Waals surface area contributed by atoms with E-state index in [1.54, 1.807) is 31.3 Å². The van der Waals surface area contributed by atoms with Gasteiger partial charge in [-0.25, -0.2) is 4.79 Å². The number of anilines is 2. The minimum absolute atomic E-state index is 0.0389. The molecule has 104 valence electrons. The molecule has 0 radical (unpaired) electrons. The first-order valence-corrected chi connectivity index (χ1v) is 6.50. The Morgan fingerprint density at radius 3 is 1.89 bits per heavy atom. The molecule has 1 rings (SSSR count). The van der Waals surface area contributed by atoms with Crippen LogP contribution in [0.4, 0.5) is 16.2 Å². The lowest BCUT2D eigenvalue weighted by atomic mass is 10.0. The number of hydrogen-bond acceptors (Lipinski definition) is 2. The molecule has 5 heteroatoms. The zero-order chi connectivity index (χ0) is 14.3. The summed E-state index contributed by atoms with van der Waals surface area (Å²) in [5, 5.41) is 8.00. The molecular formula is C14H21N3O2. The molecule has 1 aromatic carbocycles. The Labute approximate surface area is 113 Å². The Balaban J connectivity index is 2.61. The summed E-state index contributed by atoms with van der Waals surface area (Å²) in [4.78, 5) is 23.0. The molecule has 3 N–H and O–H groups in total. The van der Waals surface area contributed by atoms with Crippen molar-refractivity contribution in [2.75, 3.05) is 17.7 Å². The van der Waals surface area contributed by atoms with E-state index in [0.717, 1.165) is 18.5 Å². The molecule has 0 aliphatic carbocycles. The van der Waals surface area contributed by atoms with Crippen molar-refractivity contribution < 1.29 is 9.59 Å². The summed E-state index contributed by atoms with van der Waals surface area (Å²) in [7, 11) is 1.56. The summed E-state index contributed by atoms with van der Waals surface area (Å²) in [5.74, 6) is 0.0840. The molecule has 0 heterocycles. The molecule has 3 amide bonds. The lowest BCUT2D eigenvalue weighted by Crippen LogP contribution is -2.24. The van der Waals surface area contributed by atoms with Gasteiger partial charge in [-0.3, -0.25) is 4.79 Å². The maximum Gasteiger partial charge on any atom is 0.318 e. The Hall–Kier alpha value is -2.04. The maximum absolute atomic E-state index is 11.9. The number of rotatable bonds is 5. The van der Waals surface area contributed by atoms with Crippen LogP contribution in [0.25, 0.3) is 0 Å². The Morgan fingerprint density at radius 2 is 1.47 bits per heavy atom. The van der Waals surface area contributed by atoms with E-state index in [1.807, 2.05) is 13.8 Å². The molecule has 0 bridgehead atoms. The van der Waals surface area contributed by atoms with Crippen LogP contribution in [0, 0.1) is 5.92 Å². The third-order valence-corrected chi connectivity index (χ3v) is 2.99. The van der Waals surface area contributed by atoms with E-state index in [4.69, 9.17) is 0 Å². The van der Waals surface area contributed by atoms with Crippen LogP contribution in [0.5, 0.6) is 0 Å². The van der Waals surface area contributed by atoms with Crippen molar-refractivity contribution in [1.29, 1.82) is 0 Å². The quantitative estimate of drug-likeness (QED) is 0.764. The van der Waals surface area contributed by atoms with Crippen LogP contribution < -0.4 is 16.0 Å². The van der Waals surface area contributed by atoms with Gasteiger partial charge in [0.1, 0.15) is 0 Å². The number of carbonyl (C=O) groups excluding carboxylic acids is 2. The van der Waals surface area contributed by atoms with Crippen LogP contribution >= 0.6 is 0 Å². The van der Waals surface area contributed by atoms with Gasteiger partial charge >= 0.3 is 6.03 Å². The molecule has 5 nitrogen and oxygen atoms in total. The first-order chi connectivity index (χ1) is 9.10. The molecule has 1 aromatic rings. The first-order valence-electron chi connectivity index (χ1n) is 6.50. The number of hydrogen-bond donors (Lipinski definition) is 3. The van der Waals surface area contributed by atoms with Crippen molar-refractivity contribution >= 4 is 23.3 Å². The molecule has 0 aliphatic heterocycles. The monoisotopic (exact) mass is 263 g/mol. The summed E-state index contributed by atoms with van der Waals surface area (Å²) in [5.41, 5.74) is 1.42. The number of urea groups is 1. The van der Waals surface area contributed by atoms with Gasteiger partial charge in [0.05, 0.1) is 0 Å². The van der Waals surface area contributed by atoms with E-state index < -0.39 is 0 Å². The Bertz CT molecular complexity index is 425. The molecule has 0 unspecified atom stereocenters. The van der Waals surface area contributed by atoms with Gasteiger partial charge in [0, 0.05) is 24.3 Å². The fourth-order valence-electron chi connectivity index (χ4n) is 1.73. The molecule has 0 saturated heterocycles. The average Bonchev–Trinajstić information content (AvgIpc) is 2.42. The second-order valence-electron chi connectivity index (χ2n) is 4.28. The number of benzene rings is 1. The SMILES string of the molecule is CCC(CC)C(=O)Nc1ccc(NC(=O)NC)cc1. The lowest BCUT2D eigenvalue weighted by molar-refractivity contribution is -0.120. The second kappa shape index (κ2) is 7.41. The van der Waals surface area contributed by atoms with E-state index in [1.165, 1.54) is 0 Å². The van der Waals surface area contributed by atoms with Crippen LogP contribution in [-0.2, 0) is 4.79 Å². The minimum atomic E-state index is -0.270. The highest BCUT2D eigenvalue weighted by molar-refractivity contribution is 5.93. The normalized spacial score (nSPS) is 10.1. The van der Waals surface area contributed by atoms with Crippen molar-refractivity contribution in [3.63, 3.8) is 0 Å². The van der Waals surface area contributed by atoms with Crippen LogP contribution in [0.2, 0.25) is 0 Å². The number of nitrogens with one attached hydrogen (secondary N) is 3. The molecular weight excluding hydrogens is 242 g/mol. The Kier molecular flexibility index (Phi) is 5.85. The van der Waals surface area contributed by atoms with E-state index >= 15 is 0 Å². The molecule has 0 saturated carbocycles. The third-order valence-electron chi connectivity index (χ3n) is 2.99. The summed E-state index contributed by atoms with van der Waals surface area (Å²) in [6.45, 7) is 4.01. The standard InChI is InChI=1S/C14H21N3O2/c1-4-10(5-2)13(18)16-11-6-8-12(9-7-11)17-14(19)15-3/h6-10H,4-5H2,1-3H3,(H,16,18)(H2,15,17,19). The fourth-order valence-corrected chi connectivity index (χ4v) is 1.73. The lowest BCUT2D eigenvalue weighted by Gasteiger charge is -2.13. The van der Waals surface area contributed by atoms with Gasteiger partial charge in [-0.1, -0.05) is 13.8 Å². The van der Waals surface area contributed by atoms with Gasteiger partial charge < -0.3 is 16.0 Å². The van der Waals surface area contributed by atoms with E-state index in [2.05, 4.69) is 16.0 Å². The predicted octanol–water partition coefficient (Wildman–Crippen LogP) is 2.81. The van der Waals surface area contributed by atoms with Gasteiger partial charge in [0.25, 0.3) is 0 Å². The van der Waals surface area contributed by atoms with Crippen LogP contribution in [-0.4, -0.2) is 19.0 Å². The van der Waals surface area contributed by atoms with Crippen molar-refractivity contribution in [3.8, 4) is 0 Å². The molecule has 19 heavy (non-hydrogen) atoms. The zero-order valence-electron chi connectivity index (χ0n) is 11.6. The van der Waals surface area contributed by atoms with E-state index in [-0.39, 0.29) is 17.9 Å². The van der Waals surface area contributed by atoms with Crippen molar-refractivity contribution in [1.82, 2.24) is 5.32 Å². The summed E-state index contributed by atoms with van der Waals surface area (Å²) >= 11 is 0. The molecule has 0 atom stereocenters.